The normalized spacial score (nSPS) is 19.1. The van der Waals surface area contributed by atoms with Gasteiger partial charge in [0.15, 0.2) is 0 Å². The molecule has 2 aliphatic carbocycles. The first kappa shape index (κ1) is 14.4. The fourth-order valence-corrected chi connectivity index (χ4v) is 3.06. The van der Waals surface area contributed by atoms with Gasteiger partial charge in [-0.1, -0.05) is 12.1 Å². The number of amides is 1. The third kappa shape index (κ3) is 3.58. The Labute approximate surface area is 127 Å². The predicted molar refractivity (Wildman–Crippen MR) is 83.4 cm³/mol. The molecule has 0 aromatic heterocycles. The van der Waals surface area contributed by atoms with Crippen molar-refractivity contribution in [2.75, 3.05) is 6.61 Å². The summed E-state index contributed by atoms with van der Waals surface area (Å²) in [6.45, 7) is 4.88. The number of rotatable bonds is 7. The summed E-state index contributed by atoms with van der Waals surface area (Å²) in [6, 6.07) is 8.87. The van der Waals surface area contributed by atoms with Crippen LogP contribution in [0.5, 0.6) is 5.75 Å². The molecule has 3 heteroatoms. The minimum atomic E-state index is 0.293. The molecule has 1 aromatic rings. The van der Waals surface area contributed by atoms with Crippen LogP contribution in [0.3, 0.4) is 0 Å². The fourth-order valence-electron chi connectivity index (χ4n) is 3.06. The third-order valence-corrected chi connectivity index (χ3v) is 4.56. The van der Waals surface area contributed by atoms with Crippen LogP contribution in [0.15, 0.2) is 24.3 Å². The summed E-state index contributed by atoms with van der Waals surface area (Å²) in [5, 5.41) is 0. The van der Waals surface area contributed by atoms with Gasteiger partial charge in [0.25, 0.3) is 0 Å². The molecule has 0 N–H and O–H groups in total. The first-order valence-electron chi connectivity index (χ1n) is 8.22. The van der Waals surface area contributed by atoms with Crippen LogP contribution in [0.4, 0.5) is 0 Å². The molecule has 3 rings (SSSR count). The van der Waals surface area contributed by atoms with E-state index in [0.717, 1.165) is 17.2 Å². The lowest BCUT2D eigenvalue weighted by atomic mass is 10.1. The number of nitrogens with zero attached hydrogens (tertiary/aromatic N) is 1. The number of benzene rings is 1. The van der Waals surface area contributed by atoms with E-state index in [0.29, 0.717) is 31.0 Å². The van der Waals surface area contributed by atoms with Crippen LogP contribution in [0.25, 0.3) is 0 Å². The van der Waals surface area contributed by atoms with E-state index in [2.05, 4.69) is 11.8 Å². The van der Waals surface area contributed by atoms with Crippen molar-refractivity contribution in [3.05, 3.63) is 29.8 Å². The Hall–Kier alpha value is -1.51. The van der Waals surface area contributed by atoms with E-state index in [1.165, 1.54) is 25.7 Å². The van der Waals surface area contributed by atoms with Crippen LogP contribution in [-0.4, -0.2) is 29.5 Å². The highest BCUT2D eigenvalue weighted by atomic mass is 16.5. The monoisotopic (exact) mass is 287 g/mol. The van der Waals surface area contributed by atoms with Crippen LogP contribution in [0.2, 0.25) is 0 Å². The lowest BCUT2D eigenvalue weighted by Gasteiger charge is -2.29. The van der Waals surface area contributed by atoms with Gasteiger partial charge >= 0.3 is 0 Å². The summed E-state index contributed by atoms with van der Waals surface area (Å²) in [5.41, 5.74) is 1.08. The average molecular weight is 287 g/mol. The van der Waals surface area contributed by atoms with E-state index in [1.807, 2.05) is 31.2 Å². The lowest BCUT2D eigenvalue weighted by Crippen LogP contribution is -2.42. The Morgan fingerprint density at radius 3 is 2.43 bits per heavy atom. The topological polar surface area (TPSA) is 29.5 Å². The SMILES string of the molecule is CCOc1ccc(CC(=O)N(C2CC2)C(C)C2CC2)cc1. The van der Waals surface area contributed by atoms with Crippen LogP contribution >= 0.6 is 0 Å². The van der Waals surface area contributed by atoms with Crippen molar-refractivity contribution < 1.29 is 9.53 Å². The van der Waals surface area contributed by atoms with E-state index in [9.17, 15) is 4.79 Å². The maximum atomic E-state index is 12.7. The molecule has 2 aliphatic rings. The molecule has 0 heterocycles. The number of hydrogen-bond acceptors (Lipinski definition) is 2. The Morgan fingerprint density at radius 1 is 1.24 bits per heavy atom. The zero-order chi connectivity index (χ0) is 14.8. The second kappa shape index (κ2) is 6.08. The third-order valence-electron chi connectivity index (χ3n) is 4.56. The van der Waals surface area contributed by atoms with Crippen molar-refractivity contribution in [3.8, 4) is 5.75 Å². The van der Waals surface area contributed by atoms with Crippen LogP contribution in [-0.2, 0) is 11.2 Å². The largest absolute Gasteiger partial charge is 0.494 e. The number of carbonyl (C=O) groups excluding carboxylic acids is 1. The molecule has 0 saturated heterocycles. The minimum Gasteiger partial charge on any atom is -0.494 e. The van der Waals surface area contributed by atoms with Crippen LogP contribution < -0.4 is 4.74 Å². The van der Waals surface area contributed by atoms with Crippen molar-refractivity contribution in [1.29, 1.82) is 0 Å². The van der Waals surface area contributed by atoms with Gasteiger partial charge in [0.05, 0.1) is 13.0 Å². The molecule has 2 fully saturated rings. The molecule has 1 aromatic carbocycles. The number of ether oxygens (including phenoxy) is 1. The average Bonchev–Trinajstić information content (AvgIpc) is 3.34. The van der Waals surface area contributed by atoms with Crippen LogP contribution in [0.1, 0.15) is 45.1 Å². The van der Waals surface area contributed by atoms with Crippen molar-refractivity contribution in [2.45, 2.75) is 58.0 Å². The van der Waals surface area contributed by atoms with E-state index >= 15 is 0 Å². The Morgan fingerprint density at radius 2 is 1.90 bits per heavy atom. The zero-order valence-corrected chi connectivity index (χ0v) is 13.0. The second-order valence-corrected chi connectivity index (χ2v) is 6.36. The molecule has 2 saturated carbocycles. The molecule has 1 amide bonds. The molecule has 0 spiro atoms. The van der Waals surface area contributed by atoms with Gasteiger partial charge in [-0.25, -0.2) is 0 Å². The molecule has 0 radical (unpaired) electrons. The molecule has 0 aliphatic heterocycles. The molecule has 1 unspecified atom stereocenters. The maximum Gasteiger partial charge on any atom is 0.227 e. The Bertz CT molecular complexity index is 488. The molecule has 3 nitrogen and oxygen atoms in total. The summed E-state index contributed by atoms with van der Waals surface area (Å²) >= 11 is 0. The number of hydrogen-bond donors (Lipinski definition) is 0. The standard InChI is InChI=1S/C18H25NO2/c1-3-21-17-10-4-14(5-11-17)12-18(20)19(16-8-9-16)13(2)15-6-7-15/h4-5,10-11,13,15-16H,3,6-9,12H2,1-2H3. The Balaban J connectivity index is 1.63. The Kier molecular flexibility index (Phi) is 4.18. The van der Waals surface area contributed by atoms with Gasteiger partial charge in [0.2, 0.25) is 5.91 Å². The van der Waals surface area contributed by atoms with Crippen molar-refractivity contribution in [3.63, 3.8) is 0 Å². The van der Waals surface area contributed by atoms with Gasteiger partial charge in [-0.2, -0.15) is 0 Å². The minimum absolute atomic E-state index is 0.293. The quantitative estimate of drug-likeness (QED) is 0.769. The number of carbonyl (C=O) groups is 1. The molecule has 114 valence electrons. The zero-order valence-electron chi connectivity index (χ0n) is 13.0. The highest BCUT2D eigenvalue weighted by Crippen LogP contribution is 2.40. The van der Waals surface area contributed by atoms with Gasteiger partial charge in [-0.05, 0) is 63.1 Å². The molecule has 0 bridgehead atoms. The predicted octanol–water partition coefficient (Wildman–Crippen LogP) is 3.42. The van der Waals surface area contributed by atoms with Gasteiger partial charge in [0, 0.05) is 12.1 Å². The highest BCUT2D eigenvalue weighted by Gasteiger charge is 2.41. The fraction of sp³-hybridized carbons (Fsp3) is 0.611. The van der Waals surface area contributed by atoms with Crippen molar-refractivity contribution >= 4 is 5.91 Å². The van der Waals surface area contributed by atoms with Crippen molar-refractivity contribution in [2.24, 2.45) is 5.92 Å². The lowest BCUT2D eigenvalue weighted by molar-refractivity contribution is -0.133. The highest BCUT2D eigenvalue weighted by molar-refractivity contribution is 5.79. The summed E-state index contributed by atoms with van der Waals surface area (Å²) in [7, 11) is 0. The first-order valence-corrected chi connectivity index (χ1v) is 8.22. The van der Waals surface area contributed by atoms with Gasteiger partial charge in [-0.15, -0.1) is 0 Å². The first-order chi connectivity index (χ1) is 10.2. The maximum absolute atomic E-state index is 12.7. The summed E-state index contributed by atoms with van der Waals surface area (Å²) in [6.07, 6.45) is 5.47. The van der Waals surface area contributed by atoms with Gasteiger partial charge in [-0.3, -0.25) is 4.79 Å². The summed E-state index contributed by atoms with van der Waals surface area (Å²) < 4.78 is 5.44. The van der Waals surface area contributed by atoms with Crippen molar-refractivity contribution in [1.82, 2.24) is 4.90 Å². The van der Waals surface area contributed by atoms with E-state index < -0.39 is 0 Å². The van der Waals surface area contributed by atoms with Gasteiger partial charge in [0.1, 0.15) is 5.75 Å². The smallest absolute Gasteiger partial charge is 0.227 e. The van der Waals surface area contributed by atoms with Crippen LogP contribution in [0, 0.1) is 5.92 Å². The summed E-state index contributed by atoms with van der Waals surface area (Å²) in [5.74, 6) is 1.91. The van der Waals surface area contributed by atoms with E-state index in [4.69, 9.17) is 4.74 Å². The molecule has 21 heavy (non-hydrogen) atoms. The second-order valence-electron chi connectivity index (χ2n) is 6.36. The molecular weight excluding hydrogens is 262 g/mol. The van der Waals surface area contributed by atoms with E-state index in [-0.39, 0.29) is 0 Å². The van der Waals surface area contributed by atoms with E-state index in [1.54, 1.807) is 0 Å². The summed E-state index contributed by atoms with van der Waals surface area (Å²) in [4.78, 5) is 14.8. The van der Waals surface area contributed by atoms with Gasteiger partial charge < -0.3 is 9.64 Å². The molecule has 1 atom stereocenters. The molecular formula is C18H25NO2.